The number of hydrogen-bond donors (Lipinski definition) is 0. The second-order valence-corrected chi connectivity index (χ2v) is 19.1. The Kier molecular flexibility index (Phi) is 13.3. The van der Waals surface area contributed by atoms with E-state index in [-0.39, 0.29) is 11.4 Å². The molecule has 6 rings (SSSR count). The Balaban J connectivity index is 1.41. The summed E-state index contributed by atoms with van der Waals surface area (Å²) in [7, 11) is 0. The number of Topliss-reactive ketones (excluding diaryl/α,β-unsaturated/α-hetero) is 1. The van der Waals surface area contributed by atoms with Gasteiger partial charge in [-0.15, -0.1) is 0 Å². The van der Waals surface area contributed by atoms with Crippen LogP contribution in [-0.4, -0.2) is 17.4 Å². The zero-order chi connectivity index (χ0) is 40.4. The molecule has 5 aromatic rings. The minimum atomic E-state index is -0.742. The van der Waals surface area contributed by atoms with Crippen LogP contribution >= 0.6 is 63.7 Å². The summed E-state index contributed by atoms with van der Waals surface area (Å²) in [6.45, 7) is 12.7. The molecule has 0 aliphatic heterocycles. The normalized spacial score (nSPS) is 14.1. The van der Waals surface area contributed by atoms with Gasteiger partial charge in [0.15, 0.2) is 11.5 Å². The first-order valence-corrected chi connectivity index (χ1v) is 22.6. The van der Waals surface area contributed by atoms with Gasteiger partial charge in [-0.25, -0.2) is 4.79 Å². The first kappa shape index (κ1) is 42.6. The van der Waals surface area contributed by atoms with Gasteiger partial charge in [0, 0.05) is 11.0 Å². The third-order valence-electron chi connectivity index (χ3n) is 11.3. The Morgan fingerprint density at radius 1 is 0.607 bits per heavy atom. The summed E-state index contributed by atoms with van der Waals surface area (Å²) in [6, 6.07) is 32.4. The molecule has 0 N–H and O–H groups in total. The maximum atomic E-state index is 13.6. The van der Waals surface area contributed by atoms with Crippen LogP contribution in [0.3, 0.4) is 0 Å². The molecule has 0 spiro atoms. The van der Waals surface area contributed by atoms with Gasteiger partial charge in [0.25, 0.3) is 0 Å². The Morgan fingerprint density at radius 2 is 1.05 bits per heavy atom. The summed E-state index contributed by atoms with van der Waals surface area (Å²) in [5.74, 6) is 0.726. The van der Waals surface area contributed by atoms with Crippen molar-refractivity contribution in [1.82, 2.24) is 0 Å². The van der Waals surface area contributed by atoms with Gasteiger partial charge in [0.05, 0.1) is 28.9 Å². The molecule has 1 aliphatic carbocycles. The minimum absolute atomic E-state index is 0.107. The molecule has 56 heavy (non-hydrogen) atoms. The van der Waals surface area contributed by atoms with Gasteiger partial charge >= 0.3 is 5.97 Å². The van der Waals surface area contributed by atoms with Crippen molar-refractivity contribution >= 4 is 75.5 Å². The van der Waals surface area contributed by atoms with Gasteiger partial charge < -0.3 is 9.47 Å². The average molecular weight is 1010 g/mol. The van der Waals surface area contributed by atoms with Crippen molar-refractivity contribution in [2.75, 3.05) is 0 Å². The lowest BCUT2D eigenvalue weighted by Gasteiger charge is -2.35. The third-order valence-corrected chi connectivity index (χ3v) is 13.7. The number of carbonyl (C=O) groups excluding carboxylic acids is 2. The Morgan fingerprint density at radius 3 is 1.54 bits per heavy atom. The van der Waals surface area contributed by atoms with Crippen molar-refractivity contribution in [3.8, 4) is 22.6 Å². The Labute approximate surface area is 365 Å². The van der Waals surface area contributed by atoms with E-state index in [4.69, 9.17) is 9.47 Å². The molecule has 0 saturated carbocycles. The zero-order valence-electron chi connectivity index (χ0n) is 32.8. The van der Waals surface area contributed by atoms with E-state index in [2.05, 4.69) is 171 Å². The summed E-state index contributed by atoms with van der Waals surface area (Å²) >= 11 is 15.5. The Bertz CT molecular complexity index is 2170. The number of esters is 1. The zero-order valence-corrected chi connectivity index (χ0v) is 39.2. The standard InChI is InChI=1S/C48H48Br4O4/c1-7-10-24-46(4,5)56-43-40(51)28-33(29-41(43)52)48(36-18-14-12-16-34(36)35-17-13-15-19-37(35)48)32-26-38(49)42(39(50)27-32)55-45(54)31-22-20-30(21-23-31)44(53)47(6,9-3)25-11-8-2/h12-23,26-29H,7-11,24-25H2,1-6H3. The smallest absolute Gasteiger partial charge is 0.343 e. The van der Waals surface area contributed by atoms with Crippen LogP contribution in [0.4, 0.5) is 0 Å². The highest BCUT2D eigenvalue weighted by atomic mass is 79.9. The SMILES string of the molecule is CCCCC(C)(C)Oc1c(Br)cc(C2(c3cc(Br)c(OC(=O)c4ccc(C(=O)C(C)(CC)CCCC)cc4)c(Br)c3)c3ccccc3-c3ccccc32)cc1Br. The lowest BCUT2D eigenvalue weighted by atomic mass is 9.67. The van der Waals surface area contributed by atoms with E-state index >= 15 is 0 Å². The van der Waals surface area contributed by atoms with Crippen LogP contribution in [0.15, 0.2) is 115 Å². The van der Waals surface area contributed by atoms with E-state index in [0.29, 0.717) is 25.8 Å². The molecule has 292 valence electrons. The van der Waals surface area contributed by atoms with Gasteiger partial charge in [-0.05, 0) is 173 Å². The molecule has 1 aliphatic rings. The van der Waals surface area contributed by atoms with Crippen LogP contribution in [0.5, 0.6) is 11.5 Å². The van der Waals surface area contributed by atoms with Crippen molar-refractivity contribution in [2.45, 2.75) is 97.5 Å². The largest absolute Gasteiger partial charge is 0.485 e. The van der Waals surface area contributed by atoms with Crippen LogP contribution in [0.2, 0.25) is 0 Å². The lowest BCUT2D eigenvalue weighted by molar-refractivity contribution is 0.0729. The lowest BCUT2D eigenvalue weighted by Crippen LogP contribution is -2.30. The van der Waals surface area contributed by atoms with Crippen LogP contribution in [-0.2, 0) is 5.41 Å². The molecule has 1 unspecified atom stereocenters. The van der Waals surface area contributed by atoms with Crippen LogP contribution in [0.1, 0.15) is 129 Å². The molecule has 5 aromatic carbocycles. The van der Waals surface area contributed by atoms with Crippen molar-refractivity contribution < 1.29 is 19.1 Å². The summed E-state index contributed by atoms with van der Waals surface area (Å²) in [5.41, 5.74) is 6.07. The molecule has 0 fully saturated rings. The van der Waals surface area contributed by atoms with E-state index in [1.807, 2.05) is 6.92 Å². The summed E-state index contributed by atoms with van der Waals surface area (Å²) in [6.07, 6.45) is 6.76. The number of carbonyl (C=O) groups is 2. The van der Waals surface area contributed by atoms with E-state index < -0.39 is 16.8 Å². The predicted octanol–water partition coefficient (Wildman–Crippen LogP) is 15.5. The van der Waals surface area contributed by atoms with Crippen LogP contribution < -0.4 is 9.47 Å². The fourth-order valence-corrected chi connectivity index (χ4v) is 10.7. The number of ketones is 1. The number of hydrogen-bond acceptors (Lipinski definition) is 4. The molecule has 0 bridgehead atoms. The number of halogens is 4. The van der Waals surface area contributed by atoms with E-state index in [1.165, 1.54) is 0 Å². The quantitative estimate of drug-likeness (QED) is 0.0584. The van der Waals surface area contributed by atoms with Gasteiger partial charge in [-0.3, -0.25) is 4.79 Å². The second-order valence-electron chi connectivity index (χ2n) is 15.7. The van der Waals surface area contributed by atoms with E-state index in [0.717, 1.165) is 93.0 Å². The molecule has 0 radical (unpaired) electrons. The fraction of sp³-hybridized carbons (Fsp3) is 0.333. The number of ether oxygens (including phenoxy) is 2. The third kappa shape index (κ3) is 8.15. The maximum Gasteiger partial charge on any atom is 0.343 e. The van der Waals surface area contributed by atoms with Gasteiger partial charge in [-0.1, -0.05) is 108 Å². The minimum Gasteiger partial charge on any atom is -0.485 e. The first-order valence-electron chi connectivity index (χ1n) is 19.4. The molecule has 4 nitrogen and oxygen atoms in total. The van der Waals surface area contributed by atoms with E-state index in [1.54, 1.807) is 24.3 Å². The molecule has 0 heterocycles. The van der Waals surface area contributed by atoms with Crippen LogP contribution in [0, 0.1) is 5.41 Å². The summed E-state index contributed by atoms with van der Waals surface area (Å²) in [5, 5.41) is 0. The van der Waals surface area contributed by atoms with Crippen molar-refractivity contribution in [2.24, 2.45) is 5.41 Å². The Hall–Kier alpha value is -3.04. The number of benzene rings is 5. The molecule has 0 amide bonds. The molecule has 0 aromatic heterocycles. The predicted molar refractivity (Wildman–Crippen MR) is 242 cm³/mol. The fourth-order valence-electron chi connectivity index (χ4n) is 7.98. The van der Waals surface area contributed by atoms with Crippen molar-refractivity contribution in [3.05, 3.63) is 148 Å². The van der Waals surface area contributed by atoms with Gasteiger partial charge in [0.2, 0.25) is 0 Å². The molecule has 1 atom stereocenters. The topological polar surface area (TPSA) is 52.6 Å². The van der Waals surface area contributed by atoms with Crippen molar-refractivity contribution in [3.63, 3.8) is 0 Å². The summed E-state index contributed by atoms with van der Waals surface area (Å²) in [4.78, 5) is 27.1. The first-order chi connectivity index (χ1) is 26.7. The molecular weight excluding hydrogens is 960 g/mol. The maximum absolute atomic E-state index is 13.6. The monoisotopic (exact) mass is 1000 g/mol. The average Bonchev–Trinajstić information content (AvgIpc) is 3.49. The highest BCUT2D eigenvalue weighted by molar-refractivity contribution is 9.11. The second kappa shape index (κ2) is 17.4. The molecule has 8 heteroatoms. The number of fused-ring (bicyclic) bond motifs is 3. The number of unbranched alkanes of at least 4 members (excludes halogenated alkanes) is 2. The van der Waals surface area contributed by atoms with E-state index in [9.17, 15) is 9.59 Å². The van der Waals surface area contributed by atoms with Crippen molar-refractivity contribution in [1.29, 1.82) is 0 Å². The van der Waals surface area contributed by atoms with Gasteiger partial charge in [0.1, 0.15) is 11.4 Å². The molecule has 0 saturated heterocycles. The molecular formula is C48H48Br4O4. The van der Waals surface area contributed by atoms with Crippen LogP contribution in [0.25, 0.3) is 11.1 Å². The highest BCUT2D eigenvalue weighted by Gasteiger charge is 2.47. The van der Waals surface area contributed by atoms with Gasteiger partial charge in [-0.2, -0.15) is 0 Å². The highest BCUT2D eigenvalue weighted by Crippen LogP contribution is 2.58. The summed E-state index contributed by atoms with van der Waals surface area (Å²) < 4.78 is 15.7. The number of rotatable bonds is 15.